The molecule has 0 saturated carbocycles. The minimum absolute atomic E-state index is 0.360. The van der Waals surface area contributed by atoms with Crippen molar-refractivity contribution in [3.8, 4) is 5.69 Å². The lowest BCUT2D eigenvalue weighted by Gasteiger charge is -2.32. The van der Waals surface area contributed by atoms with E-state index in [1.807, 2.05) is 12.1 Å². The summed E-state index contributed by atoms with van der Waals surface area (Å²) in [7, 11) is -0.373. The molecule has 1 aliphatic heterocycles. The van der Waals surface area contributed by atoms with Crippen LogP contribution in [0, 0.1) is 0 Å². The Hall–Kier alpha value is -3.54. The first kappa shape index (κ1) is 20.8. The van der Waals surface area contributed by atoms with Crippen molar-refractivity contribution >= 4 is 56.3 Å². The second-order valence-electron chi connectivity index (χ2n) is 10.5. The number of hydrogen-bond donors (Lipinski definition) is 0. The van der Waals surface area contributed by atoms with Crippen molar-refractivity contribution in [1.29, 1.82) is 0 Å². The van der Waals surface area contributed by atoms with Gasteiger partial charge in [-0.15, -0.1) is 0 Å². The Morgan fingerprint density at radius 2 is 1.29 bits per heavy atom. The molecule has 0 unspecified atom stereocenters. The number of aromatic nitrogens is 1. The highest BCUT2D eigenvalue weighted by Gasteiger charge is 2.51. The van der Waals surface area contributed by atoms with Crippen LogP contribution in [0.1, 0.15) is 27.7 Å². The number of hydrogen-bond acceptors (Lipinski definition) is 3. The number of nitrogens with zero attached hydrogens (tertiary/aromatic N) is 1. The zero-order chi connectivity index (χ0) is 23.9. The van der Waals surface area contributed by atoms with E-state index in [1.54, 1.807) is 0 Å². The van der Waals surface area contributed by atoms with Gasteiger partial charge in [0.2, 0.25) is 0 Å². The quantitative estimate of drug-likeness (QED) is 0.262. The minimum atomic E-state index is -0.373. The van der Waals surface area contributed by atoms with Crippen LogP contribution in [0.5, 0.6) is 0 Å². The minimum Gasteiger partial charge on any atom is -0.455 e. The Bertz CT molecular complexity index is 1740. The van der Waals surface area contributed by atoms with E-state index in [0.29, 0.717) is 0 Å². The summed E-state index contributed by atoms with van der Waals surface area (Å²) in [4.78, 5) is 0. The molecule has 0 spiro atoms. The zero-order valence-corrected chi connectivity index (χ0v) is 20.3. The summed E-state index contributed by atoms with van der Waals surface area (Å²) in [6, 6.07) is 29.7. The van der Waals surface area contributed by atoms with Crippen molar-refractivity contribution < 1.29 is 13.7 Å². The van der Waals surface area contributed by atoms with Crippen LogP contribution < -0.4 is 5.46 Å². The average molecular weight is 459 g/mol. The fourth-order valence-electron chi connectivity index (χ4n) is 5.27. The fourth-order valence-corrected chi connectivity index (χ4v) is 5.27. The second-order valence-corrected chi connectivity index (χ2v) is 10.5. The average Bonchev–Trinajstić information content (AvgIpc) is 3.45. The van der Waals surface area contributed by atoms with Gasteiger partial charge in [-0.25, -0.2) is 0 Å². The topological polar surface area (TPSA) is 36.5 Å². The Kier molecular flexibility index (Phi) is 4.16. The molecule has 6 aromatic rings. The lowest BCUT2D eigenvalue weighted by molar-refractivity contribution is 0.00578. The summed E-state index contributed by atoms with van der Waals surface area (Å²) in [5.41, 5.74) is 5.52. The van der Waals surface area contributed by atoms with Crippen LogP contribution >= 0.6 is 0 Å². The van der Waals surface area contributed by atoms with Gasteiger partial charge in [-0.3, -0.25) is 0 Å². The molecular weight excluding hydrogens is 433 g/mol. The standard InChI is InChI=1S/C30H26BNO3/c1-29(2)30(3,4)35-31(34-29)19-13-15-20(16-14-19)32-24-11-7-5-10-23(24)27-25(32)18-17-22-21-9-6-8-12-26(21)33-28(22)27/h5-18H,1-4H3. The van der Waals surface area contributed by atoms with Gasteiger partial charge >= 0.3 is 7.12 Å². The van der Waals surface area contributed by atoms with Crippen molar-refractivity contribution in [2.24, 2.45) is 0 Å². The first-order valence-electron chi connectivity index (χ1n) is 12.1. The van der Waals surface area contributed by atoms with Gasteiger partial charge in [-0.1, -0.05) is 48.5 Å². The first-order valence-corrected chi connectivity index (χ1v) is 12.1. The van der Waals surface area contributed by atoms with Gasteiger partial charge in [0, 0.05) is 21.8 Å². The maximum Gasteiger partial charge on any atom is 0.494 e. The van der Waals surface area contributed by atoms with Gasteiger partial charge in [-0.05, 0) is 69.6 Å². The summed E-state index contributed by atoms with van der Waals surface area (Å²) >= 11 is 0. The number of para-hydroxylation sites is 2. The molecule has 1 aliphatic rings. The van der Waals surface area contributed by atoms with Gasteiger partial charge < -0.3 is 18.3 Å². The molecule has 35 heavy (non-hydrogen) atoms. The predicted molar refractivity (Wildman–Crippen MR) is 144 cm³/mol. The fraction of sp³-hybridized carbons (Fsp3) is 0.200. The van der Waals surface area contributed by atoms with Crippen LogP contribution in [0.2, 0.25) is 0 Å². The third-order valence-corrected chi connectivity index (χ3v) is 7.86. The highest BCUT2D eigenvalue weighted by atomic mass is 16.7. The largest absolute Gasteiger partial charge is 0.494 e. The van der Waals surface area contributed by atoms with Crippen LogP contribution in [0.25, 0.3) is 49.4 Å². The Morgan fingerprint density at radius 1 is 0.629 bits per heavy atom. The number of fused-ring (bicyclic) bond motifs is 7. The monoisotopic (exact) mass is 459 g/mol. The molecule has 4 nitrogen and oxygen atoms in total. The predicted octanol–water partition coefficient (Wildman–Crippen LogP) is 6.98. The summed E-state index contributed by atoms with van der Waals surface area (Å²) in [6.45, 7) is 8.33. The summed E-state index contributed by atoms with van der Waals surface area (Å²) < 4.78 is 21.2. The number of rotatable bonds is 2. The molecule has 0 aliphatic carbocycles. The normalized spacial score (nSPS) is 17.3. The van der Waals surface area contributed by atoms with Crippen LogP contribution in [0.15, 0.2) is 89.3 Å². The summed E-state index contributed by atoms with van der Waals surface area (Å²) in [5.74, 6) is 0. The van der Waals surface area contributed by atoms with Gasteiger partial charge in [0.05, 0.1) is 27.6 Å². The Balaban J connectivity index is 1.42. The van der Waals surface area contributed by atoms with E-state index in [1.165, 1.54) is 5.39 Å². The number of furan rings is 1. The van der Waals surface area contributed by atoms with Crippen LogP contribution in [-0.4, -0.2) is 22.9 Å². The van der Waals surface area contributed by atoms with Crippen molar-refractivity contribution in [3.63, 3.8) is 0 Å². The molecule has 5 heteroatoms. The van der Waals surface area contributed by atoms with Crippen LogP contribution in [-0.2, 0) is 9.31 Å². The molecular formula is C30H26BNO3. The summed E-state index contributed by atoms with van der Waals surface area (Å²) in [5, 5.41) is 4.62. The second kappa shape index (κ2) is 7.00. The molecule has 4 aromatic carbocycles. The van der Waals surface area contributed by atoms with Crippen molar-refractivity contribution in [1.82, 2.24) is 4.57 Å². The molecule has 0 atom stereocenters. The third kappa shape index (κ3) is 2.89. The molecule has 172 valence electrons. The van der Waals surface area contributed by atoms with E-state index >= 15 is 0 Å². The van der Waals surface area contributed by atoms with E-state index < -0.39 is 0 Å². The van der Waals surface area contributed by atoms with Gasteiger partial charge in [0.15, 0.2) is 0 Å². The SMILES string of the molecule is CC1(C)OB(c2ccc(-n3c4ccccc4c4c5oc6ccccc6c5ccc43)cc2)OC1(C)C. The lowest BCUT2D eigenvalue weighted by atomic mass is 9.79. The maximum absolute atomic E-state index is 6.40. The third-order valence-electron chi connectivity index (χ3n) is 7.86. The van der Waals surface area contributed by atoms with Gasteiger partial charge in [0.1, 0.15) is 11.2 Å². The molecule has 7 rings (SSSR count). The smallest absolute Gasteiger partial charge is 0.455 e. The van der Waals surface area contributed by atoms with E-state index in [-0.39, 0.29) is 18.3 Å². The highest BCUT2D eigenvalue weighted by Crippen LogP contribution is 2.40. The number of benzene rings is 4. The zero-order valence-electron chi connectivity index (χ0n) is 20.3. The van der Waals surface area contributed by atoms with E-state index in [0.717, 1.165) is 49.5 Å². The van der Waals surface area contributed by atoms with Crippen molar-refractivity contribution in [3.05, 3.63) is 84.9 Å². The lowest BCUT2D eigenvalue weighted by Crippen LogP contribution is -2.41. The molecule has 0 amide bonds. The maximum atomic E-state index is 6.40. The van der Waals surface area contributed by atoms with E-state index in [4.69, 9.17) is 13.7 Å². The van der Waals surface area contributed by atoms with E-state index in [9.17, 15) is 0 Å². The first-order chi connectivity index (χ1) is 16.8. The van der Waals surface area contributed by atoms with Gasteiger partial charge in [0.25, 0.3) is 0 Å². The Morgan fingerprint density at radius 3 is 2.03 bits per heavy atom. The Labute approximate surface area is 204 Å². The van der Waals surface area contributed by atoms with Crippen LogP contribution in [0.4, 0.5) is 0 Å². The van der Waals surface area contributed by atoms with Crippen LogP contribution in [0.3, 0.4) is 0 Å². The molecule has 0 radical (unpaired) electrons. The molecule has 2 aromatic heterocycles. The summed E-state index contributed by atoms with van der Waals surface area (Å²) in [6.07, 6.45) is 0. The highest BCUT2D eigenvalue weighted by molar-refractivity contribution is 6.62. The molecule has 0 bridgehead atoms. The molecule has 0 N–H and O–H groups in total. The molecule has 1 fully saturated rings. The molecule has 3 heterocycles. The molecule has 1 saturated heterocycles. The van der Waals surface area contributed by atoms with Crippen molar-refractivity contribution in [2.75, 3.05) is 0 Å². The van der Waals surface area contributed by atoms with E-state index in [2.05, 4.69) is 105 Å². The van der Waals surface area contributed by atoms with Crippen molar-refractivity contribution in [2.45, 2.75) is 38.9 Å². The van der Waals surface area contributed by atoms with Gasteiger partial charge in [-0.2, -0.15) is 0 Å².